The van der Waals surface area contributed by atoms with Crippen molar-refractivity contribution in [3.63, 3.8) is 0 Å². The van der Waals surface area contributed by atoms with Crippen LogP contribution < -0.4 is 14.8 Å². The minimum absolute atomic E-state index is 0.131. The van der Waals surface area contributed by atoms with Crippen LogP contribution in [0, 0.1) is 5.92 Å². The predicted molar refractivity (Wildman–Crippen MR) is 90.4 cm³/mol. The SMILES string of the molecule is CC(C(=O)O)C(NC(=O)Cc1ccc2c(c1)OCO2)c1ccccc1. The Kier molecular flexibility index (Phi) is 4.88. The third-order valence-electron chi connectivity index (χ3n) is 4.17. The number of rotatable bonds is 6. The van der Waals surface area contributed by atoms with E-state index in [4.69, 9.17) is 9.47 Å². The molecule has 0 aromatic heterocycles. The van der Waals surface area contributed by atoms with Gasteiger partial charge in [-0.1, -0.05) is 36.4 Å². The first-order chi connectivity index (χ1) is 12.0. The number of carbonyl (C=O) groups excluding carboxylic acids is 1. The van der Waals surface area contributed by atoms with Gasteiger partial charge in [0, 0.05) is 0 Å². The molecule has 0 aliphatic carbocycles. The van der Waals surface area contributed by atoms with Gasteiger partial charge in [0.05, 0.1) is 18.4 Å². The van der Waals surface area contributed by atoms with Crippen molar-refractivity contribution in [3.05, 3.63) is 59.7 Å². The number of fused-ring (bicyclic) bond motifs is 1. The Morgan fingerprint density at radius 3 is 2.56 bits per heavy atom. The molecule has 2 aromatic carbocycles. The van der Waals surface area contributed by atoms with E-state index in [-0.39, 0.29) is 19.1 Å². The molecule has 1 heterocycles. The van der Waals surface area contributed by atoms with Gasteiger partial charge in [0.15, 0.2) is 11.5 Å². The number of hydrogen-bond acceptors (Lipinski definition) is 4. The van der Waals surface area contributed by atoms with Crippen molar-refractivity contribution in [2.75, 3.05) is 6.79 Å². The minimum atomic E-state index is -0.961. The quantitative estimate of drug-likeness (QED) is 0.843. The summed E-state index contributed by atoms with van der Waals surface area (Å²) in [5, 5.41) is 12.2. The first-order valence-electron chi connectivity index (χ1n) is 8.00. The van der Waals surface area contributed by atoms with Crippen LogP contribution in [0.4, 0.5) is 0 Å². The first kappa shape index (κ1) is 16.8. The average Bonchev–Trinajstić information content (AvgIpc) is 3.07. The number of amides is 1. The zero-order valence-corrected chi connectivity index (χ0v) is 13.8. The standard InChI is InChI=1S/C19H19NO5/c1-12(19(22)23)18(14-5-3-2-4-6-14)20-17(21)10-13-7-8-15-16(9-13)25-11-24-15/h2-9,12,18H,10-11H2,1H3,(H,20,21)(H,22,23). The number of ether oxygens (including phenoxy) is 2. The lowest BCUT2D eigenvalue weighted by molar-refractivity contribution is -0.142. The fourth-order valence-corrected chi connectivity index (χ4v) is 2.76. The second-order valence-electron chi connectivity index (χ2n) is 5.95. The van der Waals surface area contributed by atoms with E-state index < -0.39 is 17.9 Å². The third kappa shape index (κ3) is 3.91. The summed E-state index contributed by atoms with van der Waals surface area (Å²) in [4.78, 5) is 23.8. The first-order valence-corrected chi connectivity index (χ1v) is 8.00. The number of carboxylic acid groups (broad SMARTS) is 1. The van der Waals surface area contributed by atoms with Gasteiger partial charge in [-0.2, -0.15) is 0 Å². The van der Waals surface area contributed by atoms with Crippen LogP contribution in [0.3, 0.4) is 0 Å². The van der Waals surface area contributed by atoms with E-state index in [1.807, 2.05) is 30.3 Å². The molecule has 3 rings (SSSR count). The van der Waals surface area contributed by atoms with Crippen LogP contribution in [0.2, 0.25) is 0 Å². The van der Waals surface area contributed by atoms with E-state index in [9.17, 15) is 14.7 Å². The van der Waals surface area contributed by atoms with E-state index in [0.29, 0.717) is 11.5 Å². The van der Waals surface area contributed by atoms with Crippen molar-refractivity contribution in [1.82, 2.24) is 5.32 Å². The second-order valence-corrected chi connectivity index (χ2v) is 5.95. The Balaban J connectivity index is 1.73. The summed E-state index contributed by atoms with van der Waals surface area (Å²) in [6.45, 7) is 1.76. The van der Waals surface area contributed by atoms with Crippen molar-refractivity contribution in [1.29, 1.82) is 0 Å². The van der Waals surface area contributed by atoms with Gasteiger partial charge >= 0.3 is 5.97 Å². The average molecular weight is 341 g/mol. The lowest BCUT2D eigenvalue weighted by Crippen LogP contribution is -2.36. The summed E-state index contributed by atoms with van der Waals surface area (Å²) in [7, 11) is 0. The van der Waals surface area contributed by atoms with E-state index >= 15 is 0 Å². The molecule has 2 aromatic rings. The van der Waals surface area contributed by atoms with Crippen LogP contribution in [0.25, 0.3) is 0 Å². The summed E-state index contributed by atoms with van der Waals surface area (Å²) in [5.74, 6) is -0.684. The van der Waals surface area contributed by atoms with Crippen molar-refractivity contribution in [3.8, 4) is 11.5 Å². The molecule has 6 nitrogen and oxygen atoms in total. The molecule has 0 bridgehead atoms. The predicted octanol–water partition coefficient (Wildman–Crippen LogP) is 2.54. The Morgan fingerprint density at radius 2 is 1.84 bits per heavy atom. The van der Waals surface area contributed by atoms with Gasteiger partial charge in [-0.3, -0.25) is 9.59 Å². The van der Waals surface area contributed by atoms with Gasteiger partial charge in [0.25, 0.3) is 0 Å². The molecule has 6 heteroatoms. The lowest BCUT2D eigenvalue weighted by Gasteiger charge is -2.23. The number of hydrogen-bond donors (Lipinski definition) is 2. The minimum Gasteiger partial charge on any atom is -0.481 e. The van der Waals surface area contributed by atoms with Crippen LogP contribution in [0.5, 0.6) is 11.5 Å². The summed E-state index contributed by atoms with van der Waals surface area (Å²) in [6.07, 6.45) is 0.131. The maximum Gasteiger partial charge on any atom is 0.308 e. The van der Waals surface area contributed by atoms with Gasteiger partial charge in [0.2, 0.25) is 12.7 Å². The molecule has 0 saturated heterocycles. The van der Waals surface area contributed by atoms with Crippen molar-refractivity contribution in [2.45, 2.75) is 19.4 Å². The van der Waals surface area contributed by atoms with Crippen LogP contribution >= 0.6 is 0 Å². The van der Waals surface area contributed by atoms with Crippen LogP contribution in [-0.4, -0.2) is 23.8 Å². The molecular weight excluding hydrogens is 322 g/mol. The zero-order valence-electron chi connectivity index (χ0n) is 13.8. The topological polar surface area (TPSA) is 84.9 Å². The van der Waals surface area contributed by atoms with Gasteiger partial charge < -0.3 is 19.9 Å². The molecule has 0 fully saturated rings. The third-order valence-corrected chi connectivity index (χ3v) is 4.17. The molecule has 1 aliphatic heterocycles. The van der Waals surface area contributed by atoms with Crippen LogP contribution in [-0.2, 0) is 16.0 Å². The highest BCUT2D eigenvalue weighted by molar-refractivity contribution is 5.80. The van der Waals surface area contributed by atoms with Gasteiger partial charge in [-0.25, -0.2) is 0 Å². The van der Waals surface area contributed by atoms with Gasteiger partial charge in [-0.05, 0) is 30.2 Å². The van der Waals surface area contributed by atoms with Crippen LogP contribution in [0.15, 0.2) is 48.5 Å². The molecule has 2 atom stereocenters. The summed E-state index contributed by atoms with van der Waals surface area (Å²) in [6, 6.07) is 13.8. The van der Waals surface area contributed by atoms with E-state index in [1.165, 1.54) is 0 Å². The van der Waals surface area contributed by atoms with E-state index in [0.717, 1.165) is 11.1 Å². The number of nitrogens with one attached hydrogen (secondary N) is 1. The number of benzene rings is 2. The number of carbonyl (C=O) groups is 2. The number of aliphatic carboxylic acids is 1. The highest BCUT2D eigenvalue weighted by Crippen LogP contribution is 2.32. The Bertz CT molecular complexity index is 775. The summed E-state index contributed by atoms with van der Waals surface area (Å²) in [5.41, 5.74) is 1.54. The van der Waals surface area contributed by atoms with Crippen molar-refractivity contribution < 1.29 is 24.2 Å². The normalized spacial score (nSPS) is 14.6. The van der Waals surface area contributed by atoms with Crippen molar-refractivity contribution >= 4 is 11.9 Å². The molecule has 25 heavy (non-hydrogen) atoms. The molecule has 1 amide bonds. The van der Waals surface area contributed by atoms with Crippen LogP contribution in [0.1, 0.15) is 24.1 Å². The molecule has 2 N–H and O–H groups in total. The Morgan fingerprint density at radius 1 is 1.12 bits per heavy atom. The maximum absolute atomic E-state index is 12.4. The lowest BCUT2D eigenvalue weighted by atomic mass is 9.94. The highest BCUT2D eigenvalue weighted by atomic mass is 16.7. The number of carboxylic acids is 1. The monoisotopic (exact) mass is 341 g/mol. The van der Waals surface area contributed by atoms with E-state index in [1.54, 1.807) is 25.1 Å². The second kappa shape index (κ2) is 7.25. The maximum atomic E-state index is 12.4. The molecule has 0 spiro atoms. The molecular formula is C19H19NO5. The van der Waals surface area contributed by atoms with Gasteiger partial charge in [-0.15, -0.1) is 0 Å². The zero-order chi connectivity index (χ0) is 17.8. The fourth-order valence-electron chi connectivity index (χ4n) is 2.76. The van der Waals surface area contributed by atoms with Gasteiger partial charge in [0.1, 0.15) is 0 Å². The molecule has 0 radical (unpaired) electrons. The fraction of sp³-hybridized carbons (Fsp3) is 0.263. The van der Waals surface area contributed by atoms with Crippen molar-refractivity contribution in [2.24, 2.45) is 5.92 Å². The molecule has 130 valence electrons. The smallest absolute Gasteiger partial charge is 0.308 e. The molecule has 1 aliphatic rings. The molecule has 2 unspecified atom stereocenters. The Hall–Kier alpha value is -3.02. The largest absolute Gasteiger partial charge is 0.481 e. The highest BCUT2D eigenvalue weighted by Gasteiger charge is 2.27. The van der Waals surface area contributed by atoms with E-state index in [2.05, 4.69) is 5.32 Å². The summed E-state index contributed by atoms with van der Waals surface area (Å²) >= 11 is 0. The summed E-state index contributed by atoms with van der Waals surface area (Å²) < 4.78 is 10.6. The Labute approximate surface area is 145 Å². The molecule has 0 saturated carbocycles.